The number of aliphatic hydroxyl groups excluding tert-OH is 1. The average molecular weight is 261 g/mol. The summed E-state index contributed by atoms with van der Waals surface area (Å²) in [7, 11) is 0. The van der Waals surface area contributed by atoms with Gasteiger partial charge in [0, 0.05) is 14.7 Å². The first kappa shape index (κ1) is 9.12. The molecule has 0 saturated heterocycles. The van der Waals surface area contributed by atoms with E-state index >= 15 is 0 Å². The smallest absolute Gasteiger partial charge is 0.131 e. The highest BCUT2D eigenvalue weighted by Gasteiger charge is 2.08. The molecule has 0 amide bonds. The Balaban J connectivity index is 2.80. The molecule has 0 aliphatic heterocycles. The van der Waals surface area contributed by atoms with Crippen molar-refractivity contribution in [1.29, 1.82) is 0 Å². The molecule has 0 unspecified atom stereocenters. The van der Waals surface area contributed by atoms with E-state index in [1.165, 1.54) is 17.4 Å². The van der Waals surface area contributed by atoms with Gasteiger partial charge >= 0.3 is 0 Å². The zero-order valence-corrected chi connectivity index (χ0v) is 8.95. The van der Waals surface area contributed by atoms with E-state index in [4.69, 9.17) is 5.11 Å². The molecule has 0 radical (unpaired) electrons. The lowest BCUT2D eigenvalue weighted by Gasteiger charge is -1.93. The first-order chi connectivity index (χ1) is 6.22. The number of halogens is 2. The van der Waals surface area contributed by atoms with Crippen LogP contribution in [0.4, 0.5) is 4.39 Å². The second kappa shape index (κ2) is 3.36. The molecule has 2 rings (SSSR count). The number of rotatable bonds is 1. The standard InChI is InChI=1S/C9H6BrFOS/c10-7-1-2-8(11)6-3-5(4-12)13-9(6)7/h1-3,12H,4H2. The van der Waals surface area contributed by atoms with Gasteiger partial charge in [0.15, 0.2) is 0 Å². The van der Waals surface area contributed by atoms with Gasteiger partial charge in [-0.2, -0.15) is 0 Å². The van der Waals surface area contributed by atoms with E-state index in [1.807, 2.05) is 0 Å². The number of benzene rings is 1. The molecule has 4 heteroatoms. The van der Waals surface area contributed by atoms with E-state index in [-0.39, 0.29) is 12.4 Å². The highest BCUT2D eigenvalue weighted by molar-refractivity contribution is 9.10. The van der Waals surface area contributed by atoms with Crippen LogP contribution in [-0.2, 0) is 6.61 Å². The number of fused-ring (bicyclic) bond motifs is 1. The quantitative estimate of drug-likeness (QED) is 0.835. The van der Waals surface area contributed by atoms with Crippen LogP contribution in [0.25, 0.3) is 10.1 Å². The Hall–Kier alpha value is -0.450. The van der Waals surface area contributed by atoms with E-state index < -0.39 is 0 Å². The van der Waals surface area contributed by atoms with Gasteiger partial charge in [-0.1, -0.05) is 0 Å². The van der Waals surface area contributed by atoms with Crippen molar-refractivity contribution < 1.29 is 9.50 Å². The van der Waals surface area contributed by atoms with Crippen molar-refractivity contribution in [3.8, 4) is 0 Å². The Kier molecular flexibility index (Phi) is 2.36. The molecular formula is C9H6BrFOS. The minimum Gasteiger partial charge on any atom is -0.391 e. The van der Waals surface area contributed by atoms with Gasteiger partial charge in [0.05, 0.1) is 11.3 Å². The fourth-order valence-corrected chi connectivity index (χ4v) is 2.71. The average Bonchev–Trinajstić information content (AvgIpc) is 2.56. The first-order valence-electron chi connectivity index (χ1n) is 3.69. The number of aliphatic hydroxyl groups is 1. The van der Waals surface area contributed by atoms with E-state index in [1.54, 1.807) is 12.1 Å². The maximum Gasteiger partial charge on any atom is 0.131 e. The Bertz CT molecular complexity index is 413. The minimum absolute atomic E-state index is 0.0365. The van der Waals surface area contributed by atoms with Gasteiger partial charge in [-0.25, -0.2) is 4.39 Å². The molecule has 1 aromatic heterocycles. The monoisotopic (exact) mass is 260 g/mol. The van der Waals surface area contributed by atoms with Gasteiger partial charge in [-0.3, -0.25) is 0 Å². The van der Waals surface area contributed by atoms with Crippen molar-refractivity contribution in [2.75, 3.05) is 0 Å². The third kappa shape index (κ3) is 1.49. The highest BCUT2D eigenvalue weighted by Crippen LogP contribution is 2.33. The first-order valence-corrected chi connectivity index (χ1v) is 5.30. The van der Waals surface area contributed by atoms with Crippen molar-refractivity contribution >= 4 is 37.4 Å². The van der Waals surface area contributed by atoms with Crippen molar-refractivity contribution in [2.45, 2.75) is 6.61 Å². The summed E-state index contributed by atoms with van der Waals surface area (Å²) in [6, 6.07) is 4.77. The van der Waals surface area contributed by atoms with Crippen LogP contribution < -0.4 is 0 Å². The van der Waals surface area contributed by atoms with Crippen LogP contribution >= 0.6 is 27.3 Å². The Morgan fingerprint density at radius 2 is 2.23 bits per heavy atom. The largest absolute Gasteiger partial charge is 0.391 e. The number of hydrogen-bond acceptors (Lipinski definition) is 2. The zero-order chi connectivity index (χ0) is 9.42. The molecule has 0 aliphatic rings. The number of thiophene rings is 1. The predicted octanol–water partition coefficient (Wildman–Crippen LogP) is 3.30. The van der Waals surface area contributed by atoms with Crippen molar-refractivity contribution in [2.24, 2.45) is 0 Å². The van der Waals surface area contributed by atoms with Crippen LogP contribution in [0, 0.1) is 5.82 Å². The van der Waals surface area contributed by atoms with E-state index in [0.29, 0.717) is 5.39 Å². The maximum absolute atomic E-state index is 13.2. The third-order valence-electron chi connectivity index (χ3n) is 1.79. The molecule has 13 heavy (non-hydrogen) atoms. The van der Waals surface area contributed by atoms with Crippen LogP contribution in [0.15, 0.2) is 22.7 Å². The molecule has 0 saturated carbocycles. The van der Waals surface area contributed by atoms with Crippen LogP contribution in [-0.4, -0.2) is 5.11 Å². The molecule has 1 nitrogen and oxygen atoms in total. The van der Waals surface area contributed by atoms with E-state index in [0.717, 1.165) is 14.0 Å². The molecule has 2 aromatic rings. The molecule has 1 aromatic carbocycles. The van der Waals surface area contributed by atoms with Gasteiger partial charge in [0.1, 0.15) is 5.82 Å². The summed E-state index contributed by atoms with van der Waals surface area (Å²) >= 11 is 4.74. The molecule has 0 fully saturated rings. The molecule has 68 valence electrons. The fourth-order valence-electron chi connectivity index (χ4n) is 1.19. The van der Waals surface area contributed by atoms with Crippen LogP contribution in [0.1, 0.15) is 4.88 Å². The van der Waals surface area contributed by atoms with Gasteiger partial charge in [0.2, 0.25) is 0 Å². The molecular weight excluding hydrogens is 255 g/mol. The normalized spacial score (nSPS) is 11.0. The topological polar surface area (TPSA) is 20.2 Å². The van der Waals surface area contributed by atoms with Crippen molar-refractivity contribution in [3.63, 3.8) is 0 Å². The molecule has 0 spiro atoms. The second-order valence-electron chi connectivity index (χ2n) is 2.64. The summed E-state index contributed by atoms with van der Waals surface area (Å²) < 4.78 is 14.9. The predicted molar refractivity (Wildman–Crippen MR) is 55.4 cm³/mol. The Morgan fingerprint density at radius 3 is 2.85 bits per heavy atom. The van der Waals surface area contributed by atoms with Crippen molar-refractivity contribution in [1.82, 2.24) is 0 Å². The van der Waals surface area contributed by atoms with Gasteiger partial charge in [-0.05, 0) is 34.1 Å². The minimum atomic E-state index is -0.242. The lowest BCUT2D eigenvalue weighted by Crippen LogP contribution is -1.74. The highest BCUT2D eigenvalue weighted by atomic mass is 79.9. The maximum atomic E-state index is 13.2. The SMILES string of the molecule is OCc1cc2c(F)ccc(Br)c2s1. The zero-order valence-electron chi connectivity index (χ0n) is 6.55. The third-order valence-corrected chi connectivity index (χ3v) is 3.87. The lowest BCUT2D eigenvalue weighted by atomic mass is 10.2. The summed E-state index contributed by atoms with van der Waals surface area (Å²) in [5.74, 6) is -0.242. The van der Waals surface area contributed by atoms with Gasteiger partial charge < -0.3 is 5.11 Å². The summed E-state index contributed by atoms with van der Waals surface area (Å²) in [5.41, 5.74) is 0. The van der Waals surface area contributed by atoms with Crippen LogP contribution in [0.3, 0.4) is 0 Å². The van der Waals surface area contributed by atoms with Crippen molar-refractivity contribution in [3.05, 3.63) is 33.4 Å². The molecule has 0 bridgehead atoms. The summed E-state index contributed by atoms with van der Waals surface area (Å²) in [5, 5.41) is 9.47. The van der Waals surface area contributed by atoms with Gasteiger partial charge in [0.25, 0.3) is 0 Å². The summed E-state index contributed by atoms with van der Waals surface area (Å²) in [4.78, 5) is 0.779. The summed E-state index contributed by atoms with van der Waals surface area (Å²) in [6.45, 7) is -0.0365. The Labute approximate surface area is 86.9 Å². The second-order valence-corrected chi connectivity index (χ2v) is 4.63. The van der Waals surface area contributed by atoms with Crippen LogP contribution in [0.5, 0.6) is 0 Å². The molecule has 0 aliphatic carbocycles. The molecule has 1 heterocycles. The molecule has 0 atom stereocenters. The lowest BCUT2D eigenvalue weighted by molar-refractivity contribution is 0.285. The fraction of sp³-hybridized carbons (Fsp3) is 0.111. The van der Waals surface area contributed by atoms with Crippen LogP contribution in [0.2, 0.25) is 0 Å². The molecule has 1 N–H and O–H groups in total. The van der Waals surface area contributed by atoms with Gasteiger partial charge in [-0.15, -0.1) is 11.3 Å². The Morgan fingerprint density at radius 1 is 1.46 bits per heavy atom. The van der Waals surface area contributed by atoms with E-state index in [2.05, 4.69) is 15.9 Å². The summed E-state index contributed by atoms with van der Waals surface area (Å²) in [6.07, 6.45) is 0. The number of hydrogen-bond donors (Lipinski definition) is 1. The van der Waals surface area contributed by atoms with E-state index in [9.17, 15) is 4.39 Å².